The molecule has 11 heteroatoms. The van der Waals surface area contributed by atoms with Gasteiger partial charge in [0.05, 0.1) is 39.1 Å². The van der Waals surface area contributed by atoms with E-state index in [9.17, 15) is 9.59 Å². The van der Waals surface area contributed by atoms with Gasteiger partial charge in [0.2, 0.25) is 6.79 Å². The van der Waals surface area contributed by atoms with E-state index in [1.54, 1.807) is 37.7 Å². The van der Waals surface area contributed by atoms with E-state index in [1.807, 2.05) is 42.5 Å². The number of methoxy groups -OCH3 is 1. The average Bonchev–Trinajstić information content (AvgIpc) is 3.66. The van der Waals surface area contributed by atoms with Crippen molar-refractivity contribution >= 4 is 56.7 Å². The van der Waals surface area contributed by atoms with Crippen LogP contribution in [0, 0.1) is 3.57 Å². The van der Waals surface area contributed by atoms with Crippen molar-refractivity contribution in [3.63, 3.8) is 0 Å². The fraction of sp³-hybridized carbons (Fsp3) is 0.194. The molecule has 4 aromatic carbocycles. The topological polar surface area (TPSA) is 97.6 Å². The summed E-state index contributed by atoms with van der Waals surface area (Å²) >= 11 is 3.48. The van der Waals surface area contributed by atoms with Crippen LogP contribution in [0.25, 0.3) is 16.8 Å². The molecule has 0 radical (unpaired) electrons. The van der Waals surface area contributed by atoms with Crippen molar-refractivity contribution in [2.75, 3.05) is 20.5 Å². The molecule has 0 fully saturated rings. The van der Waals surface area contributed by atoms with Crippen LogP contribution in [0.1, 0.15) is 36.6 Å². The number of carbonyl (C=O) groups is 1. The maximum absolute atomic E-state index is 14.1. The van der Waals surface area contributed by atoms with Gasteiger partial charge in [0, 0.05) is 0 Å². The minimum absolute atomic E-state index is 0.108. The second kappa shape index (κ2) is 12.9. The van der Waals surface area contributed by atoms with Crippen LogP contribution in [0.2, 0.25) is 0 Å². The number of aromatic nitrogens is 1. The molecule has 9 nitrogen and oxygen atoms in total. The molecule has 5 aromatic rings. The van der Waals surface area contributed by atoms with Crippen molar-refractivity contribution in [1.82, 2.24) is 4.57 Å². The van der Waals surface area contributed by atoms with Gasteiger partial charge in [-0.15, -0.1) is 0 Å². The fourth-order valence-electron chi connectivity index (χ4n) is 5.87. The maximum atomic E-state index is 14.1. The first-order valence-corrected chi connectivity index (χ1v) is 16.8. The number of rotatable bonds is 8. The number of hydrogen-bond acceptors (Lipinski definition) is 9. The number of nitrogens with zero attached hydrogens (tertiary/aromatic N) is 2. The Balaban J connectivity index is 1.27. The number of carbonyl (C=O) groups excluding carboxylic acids is 1. The summed E-state index contributed by atoms with van der Waals surface area (Å²) in [5, 5.41) is 2.29. The van der Waals surface area contributed by atoms with Crippen LogP contribution < -0.4 is 33.8 Å². The van der Waals surface area contributed by atoms with Crippen molar-refractivity contribution in [3.05, 3.63) is 124 Å². The van der Waals surface area contributed by atoms with Gasteiger partial charge in [0.25, 0.3) is 5.56 Å². The largest absolute Gasteiger partial charge is 0.493 e. The highest BCUT2D eigenvalue weighted by Gasteiger charge is 2.34. The van der Waals surface area contributed by atoms with Crippen molar-refractivity contribution in [1.29, 1.82) is 0 Å². The van der Waals surface area contributed by atoms with Crippen LogP contribution in [-0.2, 0) is 16.1 Å². The zero-order valence-corrected chi connectivity index (χ0v) is 28.7. The first kappa shape index (κ1) is 31.0. The molecular formula is C36H29IN2O7S. The molecule has 1 aromatic heterocycles. The van der Waals surface area contributed by atoms with Gasteiger partial charge in [-0.1, -0.05) is 59.9 Å². The van der Waals surface area contributed by atoms with E-state index in [2.05, 4.69) is 51.8 Å². The van der Waals surface area contributed by atoms with Crippen LogP contribution >= 0.6 is 33.9 Å². The lowest BCUT2D eigenvalue weighted by Gasteiger charge is -2.24. The third kappa shape index (κ3) is 5.78. The Morgan fingerprint density at radius 3 is 2.72 bits per heavy atom. The SMILES string of the molecule is CCOC(=O)C1=C(C)N=c2s/c(=C/c3cc(I)c(OCc4cccc5ccccc45)c(OC)c3)c(=O)n2C1c1ccc2c(c1)OCO2. The molecule has 0 bridgehead atoms. The molecule has 0 aliphatic carbocycles. The van der Waals surface area contributed by atoms with Gasteiger partial charge in [-0.25, -0.2) is 9.79 Å². The molecule has 0 saturated heterocycles. The summed E-state index contributed by atoms with van der Waals surface area (Å²) in [6, 6.07) is 22.8. The van der Waals surface area contributed by atoms with E-state index in [-0.39, 0.29) is 19.0 Å². The number of thiazole rings is 1. The molecule has 0 amide bonds. The van der Waals surface area contributed by atoms with Crippen molar-refractivity contribution in [3.8, 4) is 23.0 Å². The number of ether oxygens (including phenoxy) is 5. The summed E-state index contributed by atoms with van der Waals surface area (Å²) in [7, 11) is 1.60. The molecule has 0 saturated carbocycles. The maximum Gasteiger partial charge on any atom is 0.338 e. The van der Waals surface area contributed by atoms with E-state index in [0.29, 0.717) is 55.8 Å². The Morgan fingerprint density at radius 1 is 1.09 bits per heavy atom. The van der Waals surface area contributed by atoms with Crippen LogP contribution in [0.4, 0.5) is 0 Å². The number of fused-ring (bicyclic) bond motifs is 3. The highest BCUT2D eigenvalue weighted by molar-refractivity contribution is 14.1. The fourth-order valence-corrected chi connectivity index (χ4v) is 7.70. The molecule has 3 heterocycles. The summed E-state index contributed by atoms with van der Waals surface area (Å²) in [6.07, 6.45) is 1.81. The van der Waals surface area contributed by atoms with E-state index in [4.69, 9.17) is 23.7 Å². The minimum Gasteiger partial charge on any atom is -0.493 e. The summed E-state index contributed by atoms with van der Waals surface area (Å²) in [5.74, 6) is 1.80. The second-order valence-electron chi connectivity index (χ2n) is 10.9. The lowest BCUT2D eigenvalue weighted by Crippen LogP contribution is -2.39. The predicted octanol–water partition coefficient (Wildman–Crippen LogP) is 5.87. The molecule has 0 spiro atoms. The lowest BCUT2D eigenvalue weighted by atomic mass is 9.95. The predicted molar refractivity (Wildman–Crippen MR) is 187 cm³/mol. The van der Waals surface area contributed by atoms with E-state index in [0.717, 1.165) is 25.5 Å². The van der Waals surface area contributed by atoms with Gasteiger partial charge >= 0.3 is 5.97 Å². The molecule has 1 atom stereocenters. The Bertz CT molecular complexity index is 2270. The molecule has 47 heavy (non-hydrogen) atoms. The van der Waals surface area contributed by atoms with Gasteiger partial charge in [-0.3, -0.25) is 9.36 Å². The smallest absolute Gasteiger partial charge is 0.338 e. The monoisotopic (exact) mass is 760 g/mol. The number of halogens is 1. The number of hydrogen-bond donors (Lipinski definition) is 0. The zero-order valence-electron chi connectivity index (χ0n) is 25.7. The van der Waals surface area contributed by atoms with E-state index < -0.39 is 12.0 Å². The molecule has 2 aliphatic heterocycles. The van der Waals surface area contributed by atoms with Crippen molar-refractivity contribution in [2.24, 2.45) is 4.99 Å². The average molecular weight is 761 g/mol. The lowest BCUT2D eigenvalue weighted by molar-refractivity contribution is -0.139. The first-order chi connectivity index (χ1) is 22.9. The third-order valence-corrected chi connectivity index (χ3v) is 9.82. The van der Waals surface area contributed by atoms with Crippen LogP contribution in [0.3, 0.4) is 0 Å². The molecule has 2 aliphatic rings. The van der Waals surface area contributed by atoms with Crippen LogP contribution in [0.15, 0.2) is 93.9 Å². The number of benzene rings is 4. The number of esters is 1. The van der Waals surface area contributed by atoms with Gasteiger partial charge in [-0.05, 0) is 94.2 Å². The van der Waals surface area contributed by atoms with Gasteiger partial charge in [0.1, 0.15) is 6.61 Å². The summed E-state index contributed by atoms with van der Waals surface area (Å²) in [6.45, 7) is 4.17. The van der Waals surface area contributed by atoms with Gasteiger partial charge in [-0.2, -0.15) is 0 Å². The highest BCUT2D eigenvalue weighted by atomic mass is 127. The van der Waals surface area contributed by atoms with Crippen LogP contribution in [0.5, 0.6) is 23.0 Å². The molecule has 0 N–H and O–H groups in total. The highest BCUT2D eigenvalue weighted by Crippen LogP contribution is 2.39. The minimum atomic E-state index is -0.763. The summed E-state index contributed by atoms with van der Waals surface area (Å²) in [4.78, 5) is 32.5. The Hall–Kier alpha value is -4.62. The summed E-state index contributed by atoms with van der Waals surface area (Å²) in [5.41, 5.74) is 3.02. The normalized spacial score (nSPS) is 15.4. The first-order valence-electron chi connectivity index (χ1n) is 14.9. The molecular weight excluding hydrogens is 731 g/mol. The number of allylic oxidation sites excluding steroid dienone is 1. The van der Waals surface area contributed by atoms with Gasteiger partial charge < -0.3 is 23.7 Å². The molecule has 1 unspecified atom stereocenters. The zero-order chi connectivity index (χ0) is 32.7. The standard InChI is InChI=1S/C36H29IN2O7S/c1-4-43-35(41)31-20(2)38-36-39(32(31)23-12-13-27-28(17-23)46-19-45-27)34(40)30(47-36)16-21-14-26(37)33(29(15-21)42-3)44-18-24-10-7-9-22-8-5-6-11-25(22)24/h5-17,32H,4,18-19H2,1-3H3/b30-16+. The van der Waals surface area contributed by atoms with E-state index >= 15 is 0 Å². The van der Waals surface area contributed by atoms with Crippen LogP contribution in [-0.4, -0.2) is 31.0 Å². The molecule has 7 rings (SSSR count). The molecule has 238 valence electrons. The Labute approximate surface area is 287 Å². The van der Waals surface area contributed by atoms with Gasteiger partial charge in [0.15, 0.2) is 27.8 Å². The second-order valence-corrected chi connectivity index (χ2v) is 13.0. The third-order valence-electron chi connectivity index (χ3n) is 8.03. The van der Waals surface area contributed by atoms with Crippen molar-refractivity contribution in [2.45, 2.75) is 26.5 Å². The Morgan fingerprint density at radius 2 is 1.89 bits per heavy atom. The summed E-state index contributed by atoms with van der Waals surface area (Å²) < 4.78 is 31.4. The van der Waals surface area contributed by atoms with E-state index in [1.165, 1.54) is 11.3 Å². The quantitative estimate of drug-likeness (QED) is 0.144. The van der Waals surface area contributed by atoms with Crippen molar-refractivity contribution < 1.29 is 28.5 Å². The Kier molecular flexibility index (Phi) is 8.50.